The maximum atomic E-state index is 13.2. The van der Waals surface area contributed by atoms with Gasteiger partial charge in [0.1, 0.15) is 11.6 Å². The fraction of sp³-hybridized carbons (Fsp3) is 0.316. The standard InChI is InChI=1S/C19H21FN2O4S/c1-26-18-10-3-13(19(23)21-16-6-7-16)11-14(18)12-22(27(2,24)25)17-8-4-15(20)5-9-17/h3-5,8-11,16H,6-7,12H2,1-2H3,(H,21,23). The van der Waals surface area contributed by atoms with Gasteiger partial charge in [-0.3, -0.25) is 9.10 Å². The first kappa shape index (κ1) is 19.2. The number of anilines is 1. The molecule has 0 radical (unpaired) electrons. The molecule has 0 saturated heterocycles. The molecule has 0 spiro atoms. The molecule has 8 heteroatoms. The zero-order chi connectivity index (χ0) is 19.6. The van der Waals surface area contributed by atoms with E-state index in [1.165, 1.54) is 31.4 Å². The molecule has 2 aromatic carbocycles. The summed E-state index contributed by atoms with van der Waals surface area (Å²) in [6.45, 7) is -0.0435. The SMILES string of the molecule is COc1ccc(C(=O)NC2CC2)cc1CN(c1ccc(F)cc1)S(C)(=O)=O. The van der Waals surface area contributed by atoms with Gasteiger partial charge in [-0.1, -0.05) is 0 Å². The van der Waals surface area contributed by atoms with Crippen molar-refractivity contribution in [2.45, 2.75) is 25.4 Å². The van der Waals surface area contributed by atoms with Gasteiger partial charge in [-0.25, -0.2) is 12.8 Å². The Bertz CT molecular complexity index is 941. The number of methoxy groups -OCH3 is 1. The van der Waals surface area contributed by atoms with E-state index in [1.807, 2.05) is 0 Å². The highest BCUT2D eigenvalue weighted by Crippen LogP contribution is 2.27. The number of amides is 1. The zero-order valence-corrected chi connectivity index (χ0v) is 15.9. The Labute approximate surface area is 158 Å². The highest BCUT2D eigenvalue weighted by atomic mass is 32.2. The number of sulfonamides is 1. The number of rotatable bonds is 7. The second-order valence-corrected chi connectivity index (χ2v) is 8.43. The molecule has 0 heterocycles. The molecule has 3 rings (SSSR count). The summed E-state index contributed by atoms with van der Waals surface area (Å²) in [6.07, 6.45) is 3.02. The third kappa shape index (κ3) is 4.77. The molecular formula is C19H21FN2O4S. The summed E-state index contributed by atoms with van der Waals surface area (Å²) < 4.78 is 44.3. The third-order valence-electron chi connectivity index (χ3n) is 4.28. The van der Waals surface area contributed by atoms with E-state index in [-0.39, 0.29) is 18.5 Å². The number of ether oxygens (including phenoxy) is 1. The first-order chi connectivity index (χ1) is 12.8. The van der Waals surface area contributed by atoms with Crippen LogP contribution in [0.4, 0.5) is 10.1 Å². The molecule has 1 fully saturated rings. The van der Waals surface area contributed by atoms with Crippen LogP contribution in [-0.2, 0) is 16.6 Å². The number of carbonyl (C=O) groups is 1. The van der Waals surface area contributed by atoms with E-state index in [9.17, 15) is 17.6 Å². The van der Waals surface area contributed by atoms with E-state index in [0.717, 1.165) is 23.4 Å². The van der Waals surface area contributed by atoms with Crippen LogP contribution in [0.25, 0.3) is 0 Å². The summed E-state index contributed by atoms with van der Waals surface area (Å²) in [5.74, 6) is -0.189. The monoisotopic (exact) mass is 392 g/mol. The molecule has 0 aliphatic heterocycles. The normalized spacial score (nSPS) is 13.9. The van der Waals surface area contributed by atoms with Gasteiger partial charge in [0.25, 0.3) is 5.91 Å². The van der Waals surface area contributed by atoms with Gasteiger partial charge in [-0.2, -0.15) is 0 Å². The summed E-state index contributed by atoms with van der Waals surface area (Å²) in [6, 6.07) is 10.3. The van der Waals surface area contributed by atoms with Crippen molar-refractivity contribution in [2.75, 3.05) is 17.7 Å². The molecule has 1 saturated carbocycles. The van der Waals surface area contributed by atoms with Crippen LogP contribution in [0.15, 0.2) is 42.5 Å². The van der Waals surface area contributed by atoms with Gasteiger partial charge in [0.2, 0.25) is 10.0 Å². The lowest BCUT2D eigenvalue weighted by Gasteiger charge is -2.24. The fourth-order valence-corrected chi connectivity index (χ4v) is 3.58. The van der Waals surface area contributed by atoms with Crippen LogP contribution >= 0.6 is 0 Å². The number of hydrogen-bond acceptors (Lipinski definition) is 4. The molecule has 27 heavy (non-hydrogen) atoms. The van der Waals surface area contributed by atoms with E-state index in [0.29, 0.717) is 22.6 Å². The van der Waals surface area contributed by atoms with E-state index in [1.54, 1.807) is 18.2 Å². The Balaban J connectivity index is 1.94. The van der Waals surface area contributed by atoms with Gasteiger partial charge >= 0.3 is 0 Å². The minimum Gasteiger partial charge on any atom is -0.496 e. The minimum absolute atomic E-state index is 0.0435. The Morgan fingerprint density at radius 1 is 1.22 bits per heavy atom. The predicted molar refractivity (Wildman–Crippen MR) is 101 cm³/mol. The van der Waals surface area contributed by atoms with Crippen molar-refractivity contribution in [3.8, 4) is 5.75 Å². The number of nitrogens with zero attached hydrogens (tertiary/aromatic N) is 1. The first-order valence-corrected chi connectivity index (χ1v) is 10.3. The van der Waals surface area contributed by atoms with Gasteiger partial charge in [0.15, 0.2) is 0 Å². The lowest BCUT2D eigenvalue weighted by atomic mass is 10.1. The summed E-state index contributed by atoms with van der Waals surface area (Å²) in [5, 5.41) is 2.90. The van der Waals surface area contributed by atoms with Gasteiger partial charge in [-0.15, -0.1) is 0 Å². The molecule has 1 aliphatic rings. The van der Waals surface area contributed by atoms with Gasteiger partial charge in [-0.05, 0) is 55.3 Å². The summed E-state index contributed by atoms with van der Waals surface area (Å²) in [5.41, 5.74) is 1.30. The van der Waals surface area contributed by atoms with Crippen molar-refractivity contribution >= 4 is 21.6 Å². The predicted octanol–water partition coefficient (Wildman–Crippen LogP) is 2.69. The smallest absolute Gasteiger partial charge is 0.251 e. The number of carbonyl (C=O) groups excluding carboxylic acids is 1. The molecule has 0 unspecified atom stereocenters. The quantitative estimate of drug-likeness (QED) is 0.786. The minimum atomic E-state index is -3.64. The lowest BCUT2D eigenvalue weighted by Crippen LogP contribution is -2.30. The Morgan fingerprint density at radius 2 is 1.89 bits per heavy atom. The van der Waals surface area contributed by atoms with Crippen molar-refractivity contribution in [2.24, 2.45) is 0 Å². The van der Waals surface area contributed by atoms with E-state index in [4.69, 9.17) is 4.74 Å². The molecule has 2 aromatic rings. The topological polar surface area (TPSA) is 75.7 Å². The highest BCUT2D eigenvalue weighted by Gasteiger charge is 2.25. The van der Waals surface area contributed by atoms with E-state index < -0.39 is 15.8 Å². The fourth-order valence-electron chi connectivity index (χ4n) is 2.70. The van der Waals surface area contributed by atoms with Crippen LogP contribution in [-0.4, -0.2) is 33.7 Å². The average molecular weight is 392 g/mol. The van der Waals surface area contributed by atoms with Crippen molar-refractivity contribution < 1.29 is 22.3 Å². The van der Waals surface area contributed by atoms with Crippen LogP contribution in [0.5, 0.6) is 5.75 Å². The molecule has 0 bridgehead atoms. The van der Waals surface area contributed by atoms with Crippen LogP contribution in [0.3, 0.4) is 0 Å². The first-order valence-electron chi connectivity index (χ1n) is 8.49. The second kappa shape index (κ2) is 7.56. The Morgan fingerprint density at radius 3 is 2.44 bits per heavy atom. The Hall–Kier alpha value is -2.61. The van der Waals surface area contributed by atoms with Crippen molar-refractivity contribution in [3.05, 3.63) is 59.4 Å². The molecule has 1 amide bonds. The zero-order valence-electron chi connectivity index (χ0n) is 15.1. The van der Waals surface area contributed by atoms with Crippen LogP contribution < -0.4 is 14.4 Å². The van der Waals surface area contributed by atoms with Gasteiger partial charge in [0.05, 0.1) is 25.6 Å². The molecule has 0 atom stereocenters. The van der Waals surface area contributed by atoms with E-state index in [2.05, 4.69) is 5.32 Å². The number of halogens is 1. The van der Waals surface area contributed by atoms with E-state index >= 15 is 0 Å². The number of hydrogen-bond donors (Lipinski definition) is 1. The molecule has 1 aliphatic carbocycles. The molecule has 0 aromatic heterocycles. The highest BCUT2D eigenvalue weighted by molar-refractivity contribution is 7.92. The van der Waals surface area contributed by atoms with Gasteiger partial charge < -0.3 is 10.1 Å². The number of benzene rings is 2. The van der Waals surface area contributed by atoms with Crippen molar-refractivity contribution in [1.82, 2.24) is 5.32 Å². The van der Waals surface area contributed by atoms with Crippen molar-refractivity contribution in [1.29, 1.82) is 0 Å². The second-order valence-electron chi connectivity index (χ2n) is 6.52. The van der Waals surface area contributed by atoms with Crippen LogP contribution in [0.1, 0.15) is 28.8 Å². The molecule has 1 N–H and O–H groups in total. The summed E-state index contributed by atoms with van der Waals surface area (Å²) in [4.78, 5) is 12.3. The maximum absolute atomic E-state index is 13.2. The third-order valence-corrected chi connectivity index (χ3v) is 5.42. The summed E-state index contributed by atoms with van der Waals surface area (Å²) in [7, 11) is -2.16. The van der Waals surface area contributed by atoms with Gasteiger partial charge in [0, 0.05) is 17.2 Å². The molecule has 6 nitrogen and oxygen atoms in total. The van der Waals surface area contributed by atoms with Crippen LogP contribution in [0.2, 0.25) is 0 Å². The molecule has 144 valence electrons. The summed E-state index contributed by atoms with van der Waals surface area (Å²) >= 11 is 0. The lowest BCUT2D eigenvalue weighted by molar-refractivity contribution is 0.0951. The average Bonchev–Trinajstić information content (AvgIpc) is 3.43. The largest absolute Gasteiger partial charge is 0.496 e. The molecular weight excluding hydrogens is 371 g/mol. The Kier molecular flexibility index (Phi) is 5.36. The number of nitrogens with one attached hydrogen (secondary N) is 1. The van der Waals surface area contributed by atoms with Crippen LogP contribution in [0, 0.1) is 5.82 Å². The maximum Gasteiger partial charge on any atom is 0.251 e. The van der Waals surface area contributed by atoms with Crippen molar-refractivity contribution in [3.63, 3.8) is 0 Å².